The lowest BCUT2D eigenvalue weighted by Crippen LogP contribution is -2.00. The number of carbonyl (C=O) groups is 1. The summed E-state index contributed by atoms with van der Waals surface area (Å²) in [5, 5.41) is 10.7. The molecule has 3 nitrogen and oxygen atoms in total. The Hall–Kier alpha value is -1.13. The first-order valence-corrected chi connectivity index (χ1v) is 6.00. The fraction of sp³-hybridized carbons (Fsp3) is 0.0909. The fourth-order valence-corrected chi connectivity index (χ4v) is 2.04. The second-order valence-corrected chi connectivity index (χ2v) is 4.24. The van der Waals surface area contributed by atoms with Crippen molar-refractivity contribution < 1.29 is 9.90 Å². The molecule has 0 saturated heterocycles. The molecule has 0 aliphatic rings. The number of rotatable bonds is 2. The van der Waals surface area contributed by atoms with Gasteiger partial charge in [-0.2, -0.15) is 0 Å². The molecule has 0 atom stereocenters. The SMILES string of the molecule is O=C(O)c1c(Cl)ccc2cc(CBr)cnc12. The van der Waals surface area contributed by atoms with Gasteiger partial charge in [-0.1, -0.05) is 33.6 Å². The summed E-state index contributed by atoms with van der Waals surface area (Å²) < 4.78 is 0. The summed E-state index contributed by atoms with van der Waals surface area (Å²) in [7, 11) is 0. The lowest BCUT2D eigenvalue weighted by atomic mass is 10.1. The minimum atomic E-state index is -1.06. The molecule has 82 valence electrons. The van der Waals surface area contributed by atoms with Crippen molar-refractivity contribution in [1.29, 1.82) is 0 Å². The Morgan fingerprint density at radius 3 is 2.88 bits per heavy atom. The molecular formula is C11H7BrClNO2. The van der Waals surface area contributed by atoms with Crippen LogP contribution in [0.15, 0.2) is 24.4 Å². The summed E-state index contributed by atoms with van der Waals surface area (Å²) in [4.78, 5) is 15.2. The van der Waals surface area contributed by atoms with Gasteiger partial charge in [0.15, 0.2) is 0 Å². The highest BCUT2D eigenvalue weighted by atomic mass is 79.9. The average molecular weight is 301 g/mol. The van der Waals surface area contributed by atoms with Gasteiger partial charge in [0, 0.05) is 16.9 Å². The van der Waals surface area contributed by atoms with Crippen LogP contribution in [0.25, 0.3) is 10.9 Å². The molecule has 0 fully saturated rings. The van der Waals surface area contributed by atoms with E-state index < -0.39 is 5.97 Å². The number of pyridine rings is 1. The maximum atomic E-state index is 11.1. The Labute approximate surface area is 105 Å². The van der Waals surface area contributed by atoms with Crippen LogP contribution in [-0.4, -0.2) is 16.1 Å². The fourth-order valence-electron chi connectivity index (χ4n) is 1.50. The van der Waals surface area contributed by atoms with Crippen LogP contribution in [0, 0.1) is 0 Å². The van der Waals surface area contributed by atoms with Gasteiger partial charge in [-0.25, -0.2) is 4.79 Å². The van der Waals surface area contributed by atoms with Gasteiger partial charge in [0.25, 0.3) is 0 Å². The van der Waals surface area contributed by atoms with Gasteiger partial charge < -0.3 is 5.11 Å². The summed E-state index contributed by atoms with van der Waals surface area (Å²) >= 11 is 9.16. The number of aromatic carboxylic acids is 1. The number of aromatic nitrogens is 1. The number of carboxylic acid groups (broad SMARTS) is 1. The Morgan fingerprint density at radius 1 is 1.50 bits per heavy atom. The van der Waals surface area contributed by atoms with Crippen LogP contribution in [-0.2, 0) is 5.33 Å². The van der Waals surface area contributed by atoms with Gasteiger partial charge in [-0.05, 0) is 17.7 Å². The van der Waals surface area contributed by atoms with E-state index in [0.717, 1.165) is 10.9 Å². The van der Waals surface area contributed by atoms with Crippen molar-refractivity contribution in [2.24, 2.45) is 0 Å². The van der Waals surface area contributed by atoms with E-state index in [1.54, 1.807) is 18.3 Å². The Balaban J connectivity index is 2.79. The monoisotopic (exact) mass is 299 g/mol. The number of fused-ring (bicyclic) bond motifs is 1. The molecule has 5 heteroatoms. The largest absolute Gasteiger partial charge is 0.478 e. The van der Waals surface area contributed by atoms with Crippen LogP contribution in [0.4, 0.5) is 0 Å². The molecule has 1 N–H and O–H groups in total. The molecule has 2 aromatic rings. The lowest BCUT2D eigenvalue weighted by Gasteiger charge is -2.05. The number of hydrogen-bond donors (Lipinski definition) is 1. The maximum absolute atomic E-state index is 11.1. The standard InChI is InChI=1S/C11H7BrClNO2/c12-4-6-3-7-1-2-8(13)9(11(15)16)10(7)14-5-6/h1-3,5H,4H2,(H,15,16). The molecule has 0 radical (unpaired) electrons. The first-order chi connectivity index (χ1) is 7.63. The smallest absolute Gasteiger partial charge is 0.339 e. The molecule has 1 aromatic heterocycles. The first-order valence-electron chi connectivity index (χ1n) is 4.50. The molecule has 0 amide bonds. The second kappa shape index (κ2) is 4.39. The predicted octanol–water partition coefficient (Wildman–Crippen LogP) is 3.48. The van der Waals surface area contributed by atoms with Crippen LogP contribution in [0.1, 0.15) is 15.9 Å². The lowest BCUT2D eigenvalue weighted by molar-refractivity contribution is 0.0699. The van der Waals surface area contributed by atoms with Crippen LogP contribution >= 0.6 is 27.5 Å². The number of carboxylic acids is 1. The minimum Gasteiger partial charge on any atom is -0.478 e. The van der Waals surface area contributed by atoms with Crippen molar-refractivity contribution in [2.45, 2.75) is 5.33 Å². The van der Waals surface area contributed by atoms with Gasteiger partial charge in [0.1, 0.15) is 5.56 Å². The third kappa shape index (κ3) is 1.90. The van der Waals surface area contributed by atoms with Crippen molar-refractivity contribution in [3.63, 3.8) is 0 Å². The zero-order valence-electron chi connectivity index (χ0n) is 8.08. The average Bonchev–Trinajstić information content (AvgIpc) is 2.27. The van der Waals surface area contributed by atoms with Gasteiger partial charge >= 0.3 is 5.97 Å². The van der Waals surface area contributed by atoms with Crippen LogP contribution in [0.3, 0.4) is 0 Å². The highest BCUT2D eigenvalue weighted by molar-refractivity contribution is 9.08. The second-order valence-electron chi connectivity index (χ2n) is 3.28. The van der Waals surface area contributed by atoms with E-state index in [4.69, 9.17) is 16.7 Å². The van der Waals surface area contributed by atoms with Crippen molar-refractivity contribution in [1.82, 2.24) is 4.98 Å². The van der Waals surface area contributed by atoms with Gasteiger partial charge in [0.2, 0.25) is 0 Å². The van der Waals surface area contributed by atoms with Crippen LogP contribution in [0.5, 0.6) is 0 Å². The van der Waals surface area contributed by atoms with E-state index >= 15 is 0 Å². The third-order valence-corrected chi connectivity index (χ3v) is 3.19. The molecule has 16 heavy (non-hydrogen) atoms. The van der Waals surface area contributed by atoms with Crippen LogP contribution < -0.4 is 0 Å². The van der Waals surface area contributed by atoms with Crippen LogP contribution in [0.2, 0.25) is 5.02 Å². The molecule has 0 spiro atoms. The summed E-state index contributed by atoms with van der Waals surface area (Å²) in [5.74, 6) is -1.06. The molecule has 0 bridgehead atoms. The number of halogens is 2. The normalized spacial score (nSPS) is 10.6. The maximum Gasteiger partial charge on any atom is 0.339 e. The zero-order valence-corrected chi connectivity index (χ0v) is 10.4. The molecule has 2 rings (SSSR count). The van der Waals surface area contributed by atoms with E-state index in [-0.39, 0.29) is 10.6 Å². The van der Waals surface area contributed by atoms with Gasteiger partial charge in [-0.3, -0.25) is 4.98 Å². The molecule has 0 aliphatic carbocycles. The summed E-state index contributed by atoms with van der Waals surface area (Å²) in [6.45, 7) is 0. The quantitative estimate of drug-likeness (QED) is 0.864. The molecular weight excluding hydrogens is 293 g/mol. The molecule has 0 aliphatic heterocycles. The summed E-state index contributed by atoms with van der Waals surface area (Å²) in [6.07, 6.45) is 1.64. The number of alkyl halides is 1. The Bertz CT molecular complexity index is 571. The van der Waals surface area contributed by atoms with Gasteiger partial charge in [-0.15, -0.1) is 0 Å². The number of benzene rings is 1. The number of nitrogens with zero attached hydrogens (tertiary/aromatic N) is 1. The molecule has 1 heterocycles. The Morgan fingerprint density at radius 2 is 2.25 bits per heavy atom. The molecule has 1 aromatic carbocycles. The third-order valence-electron chi connectivity index (χ3n) is 2.23. The van der Waals surface area contributed by atoms with Crippen molar-refractivity contribution in [2.75, 3.05) is 0 Å². The first kappa shape index (κ1) is 11.4. The van der Waals surface area contributed by atoms with E-state index in [1.807, 2.05) is 6.07 Å². The summed E-state index contributed by atoms with van der Waals surface area (Å²) in [6, 6.07) is 5.23. The molecule has 0 saturated carbocycles. The van der Waals surface area contributed by atoms with E-state index in [0.29, 0.717) is 10.8 Å². The topological polar surface area (TPSA) is 50.2 Å². The highest BCUT2D eigenvalue weighted by Crippen LogP contribution is 2.25. The van der Waals surface area contributed by atoms with E-state index in [2.05, 4.69) is 20.9 Å². The van der Waals surface area contributed by atoms with E-state index in [1.165, 1.54) is 0 Å². The van der Waals surface area contributed by atoms with Crippen molar-refractivity contribution in [3.05, 3.63) is 40.5 Å². The zero-order chi connectivity index (χ0) is 11.7. The predicted molar refractivity (Wildman–Crippen MR) is 66.3 cm³/mol. The summed E-state index contributed by atoms with van der Waals surface area (Å²) in [5.41, 5.74) is 1.47. The highest BCUT2D eigenvalue weighted by Gasteiger charge is 2.14. The molecule has 0 unspecified atom stereocenters. The number of hydrogen-bond acceptors (Lipinski definition) is 2. The van der Waals surface area contributed by atoms with Gasteiger partial charge in [0.05, 0.1) is 10.5 Å². The van der Waals surface area contributed by atoms with E-state index in [9.17, 15) is 4.79 Å². The Kier molecular flexibility index (Phi) is 3.12. The minimum absolute atomic E-state index is 0.0558. The van der Waals surface area contributed by atoms with Crippen molar-refractivity contribution in [3.8, 4) is 0 Å². The van der Waals surface area contributed by atoms with Crippen molar-refractivity contribution >= 4 is 44.4 Å².